The zero-order valence-electron chi connectivity index (χ0n) is 18.0. The van der Waals surface area contributed by atoms with Crippen LogP contribution >= 0.6 is 0 Å². The summed E-state index contributed by atoms with van der Waals surface area (Å²) in [6.07, 6.45) is 2.94. The number of fused-ring (bicyclic) bond motifs is 1. The van der Waals surface area contributed by atoms with Gasteiger partial charge in [0.25, 0.3) is 5.91 Å². The first-order chi connectivity index (χ1) is 14.7. The zero-order valence-corrected chi connectivity index (χ0v) is 18.0. The molecule has 2 heterocycles. The minimum atomic E-state index is -0.912. The van der Waals surface area contributed by atoms with Crippen molar-refractivity contribution >= 4 is 28.8 Å². The van der Waals surface area contributed by atoms with Gasteiger partial charge in [-0.05, 0) is 69.1 Å². The average molecular weight is 425 g/mol. The molecular formula is C23H27N3O5. The lowest BCUT2D eigenvalue weighted by atomic mass is 9.77. The van der Waals surface area contributed by atoms with Crippen molar-refractivity contribution in [2.45, 2.75) is 64.8 Å². The van der Waals surface area contributed by atoms with Gasteiger partial charge in [0.15, 0.2) is 0 Å². The minimum Gasteiger partial charge on any atom is -0.423 e. The molecule has 31 heavy (non-hydrogen) atoms. The molecule has 0 atom stereocenters. The molecule has 0 unspecified atom stereocenters. The second-order valence-electron chi connectivity index (χ2n) is 8.86. The van der Waals surface area contributed by atoms with Gasteiger partial charge in [-0.25, -0.2) is 9.59 Å². The molecule has 4 amide bonds. The van der Waals surface area contributed by atoms with Crippen LogP contribution in [-0.2, 0) is 16.0 Å². The maximum absolute atomic E-state index is 12.9. The van der Waals surface area contributed by atoms with E-state index < -0.39 is 29.0 Å². The molecule has 1 aliphatic heterocycles. The number of imide groups is 1. The van der Waals surface area contributed by atoms with Crippen LogP contribution in [0.15, 0.2) is 27.4 Å². The fourth-order valence-electron chi connectivity index (χ4n) is 4.53. The fraction of sp³-hybridized carbons (Fsp3) is 0.478. The molecule has 1 aliphatic carbocycles. The van der Waals surface area contributed by atoms with Crippen LogP contribution in [0.4, 0.5) is 4.79 Å². The number of urea groups is 1. The van der Waals surface area contributed by atoms with Gasteiger partial charge in [0, 0.05) is 17.4 Å². The van der Waals surface area contributed by atoms with Crippen molar-refractivity contribution in [3.05, 3.63) is 45.3 Å². The Hall–Kier alpha value is -3.16. The number of hydrogen-bond acceptors (Lipinski definition) is 5. The Labute approximate surface area is 179 Å². The first-order valence-electron chi connectivity index (χ1n) is 10.7. The molecule has 1 saturated carbocycles. The quantitative estimate of drug-likeness (QED) is 0.578. The largest absolute Gasteiger partial charge is 0.423 e. The summed E-state index contributed by atoms with van der Waals surface area (Å²) in [5.74, 6) is -0.401. The molecule has 2 aliphatic rings. The number of carbonyl (C=O) groups is 3. The number of hydrazine groups is 1. The summed E-state index contributed by atoms with van der Waals surface area (Å²) in [4.78, 5) is 50.1. The molecule has 2 N–H and O–H groups in total. The molecule has 1 aromatic carbocycles. The molecule has 8 nitrogen and oxygen atoms in total. The SMILES string of the molecule is Cc1ccc2c(C)c(CCC(=O)NN3C(=O)NC4(CCC(C)CC4)C3=O)c(=O)oc2c1. The normalized spacial score (nSPS) is 23.5. The third-order valence-electron chi connectivity index (χ3n) is 6.57. The highest BCUT2D eigenvalue weighted by atomic mass is 16.4. The molecular weight excluding hydrogens is 398 g/mol. The number of benzene rings is 1. The van der Waals surface area contributed by atoms with E-state index in [1.54, 1.807) is 6.07 Å². The predicted octanol–water partition coefficient (Wildman–Crippen LogP) is 2.87. The maximum Gasteiger partial charge on any atom is 0.344 e. The van der Waals surface area contributed by atoms with E-state index in [9.17, 15) is 19.2 Å². The van der Waals surface area contributed by atoms with Crippen LogP contribution in [0.25, 0.3) is 11.0 Å². The topological polar surface area (TPSA) is 109 Å². The van der Waals surface area contributed by atoms with E-state index in [1.807, 2.05) is 26.0 Å². The fourth-order valence-corrected chi connectivity index (χ4v) is 4.53. The van der Waals surface area contributed by atoms with Crippen molar-refractivity contribution in [2.24, 2.45) is 5.92 Å². The van der Waals surface area contributed by atoms with E-state index >= 15 is 0 Å². The number of nitrogens with zero attached hydrogens (tertiary/aromatic N) is 1. The van der Waals surface area contributed by atoms with Gasteiger partial charge in [0.1, 0.15) is 11.1 Å². The number of hydrogen-bond donors (Lipinski definition) is 2. The minimum absolute atomic E-state index is 0.0515. The molecule has 2 fully saturated rings. The Morgan fingerprint density at radius 2 is 1.94 bits per heavy atom. The van der Waals surface area contributed by atoms with E-state index in [1.165, 1.54) is 0 Å². The lowest BCUT2D eigenvalue weighted by molar-refractivity contribution is -0.140. The van der Waals surface area contributed by atoms with Crippen molar-refractivity contribution < 1.29 is 18.8 Å². The van der Waals surface area contributed by atoms with E-state index in [2.05, 4.69) is 17.7 Å². The standard InChI is InChI=1S/C23H27N3O5/c1-13-8-10-23(11-9-13)21(29)26(22(30)24-23)25-19(27)7-6-17-15(3)16-5-4-14(2)12-18(16)31-20(17)28/h4-5,12-13H,6-11H2,1-3H3,(H,24,30)(H,25,27). The Bertz CT molecular complexity index is 1130. The predicted molar refractivity (Wildman–Crippen MR) is 114 cm³/mol. The van der Waals surface area contributed by atoms with E-state index in [4.69, 9.17) is 4.42 Å². The van der Waals surface area contributed by atoms with Gasteiger partial charge in [-0.15, -0.1) is 0 Å². The Morgan fingerprint density at radius 1 is 1.23 bits per heavy atom. The summed E-state index contributed by atoms with van der Waals surface area (Å²) in [7, 11) is 0. The molecule has 8 heteroatoms. The summed E-state index contributed by atoms with van der Waals surface area (Å²) in [6, 6.07) is 5.03. The summed E-state index contributed by atoms with van der Waals surface area (Å²) < 4.78 is 5.42. The van der Waals surface area contributed by atoms with E-state index in [0.717, 1.165) is 34.4 Å². The van der Waals surface area contributed by atoms with E-state index in [-0.39, 0.29) is 12.8 Å². The first-order valence-corrected chi connectivity index (χ1v) is 10.7. The maximum atomic E-state index is 12.9. The zero-order chi connectivity index (χ0) is 22.3. The van der Waals surface area contributed by atoms with Crippen LogP contribution < -0.4 is 16.4 Å². The van der Waals surface area contributed by atoms with Crippen molar-refractivity contribution in [1.82, 2.24) is 15.8 Å². The Morgan fingerprint density at radius 3 is 2.65 bits per heavy atom. The van der Waals surface area contributed by atoms with E-state index in [0.29, 0.717) is 29.9 Å². The molecule has 0 radical (unpaired) electrons. The molecule has 164 valence electrons. The summed E-state index contributed by atoms with van der Waals surface area (Å²) in [5.41, 5.74) is 3.71. The van der Waals surface area contributed by atoms with Gasteiger partial charge in [-0.1, -0.05) is 19.1 Å². The van der Waals surface area contributed by atoms with Gasteiger partial charge >= 0.3 is 11.7 Å². The van der Waals surface area contributed by atoms with Crippen LogP contribution in [0.5, 0.6) is 0 Å². The number of amides is 4. The molecule has 0 bridgehead atoms. The summed E-state index contributed by atoms with van der Waals surface area (Å²) in [6.45, 7) is 5.87. The van der Waals surface area contributed by atoms with Gasteiger partial charge in [-0.2, -0.15) is 5.01 Å². The average Bonchev–Trinajstić information content (AvgIpc) is 2.94. The second kappa shape index (κ2) is 7.83. The Kier molecular flexibility index (Phi) is 5.33. The van der Waals surface area contributed by atoms with Crippen molar-refractivity contribution in [1.29, 1.82) is 0 Å². The molecule has 2 aromatic rings. The molecule has 1 saturated heterocycles. The summed E-state index contributed by atoms with van der Waals surface area (Å²) in [5, 5.41) is 4.38. The van der Waals surface area contributed by atoms with Crippen LogP contribution in [0, 0.1) is 19.8 Å². The number of carbonyl (C=O) groups excluding carboxylic acids is 3. The second-order valence-corrected chi connectivity index (χ2v) is 8.86. The number of rotatable bonds is 4. The van der Waals surface area contributed by atoms with Crippen LogP contribution in [0.1, 0.15) is 55.7 Å². The van der Waals surface area contributed by atoms with Crippen molar-refractivity contribution in [3.63, 3.8) is 0 Å². The smallest absolute Gasteiger partial charge is 0.344 e. The van der Waals surface area contributed by atoms with Crippen molar-refractivity contribution in [2.75, 3.05) is 0 Å². The van der Waals surface area contributed by atoms with Crippen LogP contribution in [0.3, 0.4) is 0 Å². The number of aryl methyl sites for hydroxylation is 2. The molecule has 1 spiro atoms. The van der Waals surface area contributed by atoms with Gasteiger partial charge in [-0.3, -0.25) is 15.0 Å². The molecule has 1 aromatic heterocycles. The third-order valence-corrected chi connectivity index (χ3v) is 6.57. The first kappa shape index (κ1) is 21.1. The highest BCUT2D eigenvalue weighted by Gasteiger charge is 2.52. The Balaban J connectivity index is 1.44. The van der Waals surface area contributed by atoms with Gasteiger partial charge in [0.05, 0.1) is 0 Å². The molecule has 4 rings (SSSR count). The lowest BCUT2D eigenvalue weighted by Crippen LogP contribution is -2.51. The highest BCUT2D eigenvalue weighted by molar-refractivity contribution is 6.08. The highest BCUT2D eigenvalue weighted by Crippen LogP contribution is 2.35. The monoisotopic (exact) mass is 425 g/mol. The summed E-state index contributed by atoms with van der Waals surface area (Å²) >= 11 is 0. The van der Waals surface area contributed by atoms with Crippen molar-refractivity contribution in [3.8, 4) is 0 Å². The van der Waals surface area contributed by atoms with Crippen LogP contribution in [0.2, 0.25) is 0 Å². The number of nitrogens with one attached hydrogen (secondary N) is 2. The van der Waals surface area contributed by atoms with Gasteiger partial charge in [0.2, 0.25) is 5.91 Å². The van der Waals surface area contributed by atoms with Crippen LogP contribution in [-0.4, -0.2) is 28.4 Å². The third kappa shape index (κ3) is 3.82. The lowest BCUT2D eigenvalue weighted by Gasteiger charge is -2.33. The van der Waals surface area contributed by atoms with Gasteiger partial charge < -0.3 is 9.73 Å².